The normalized spacial score (nSPS) is 10.9. The fourth-order valence-corrected chi connectivity index (χ4v) is 2.68. The minimum absolute atomic E-state index is 0.0138. The number of aromatic hydroxyl groups is 1. The van der Waals surface area contributed by atoms with Gasteiger partial charge in [-0.2, -0.15) is 0 Å². The number of phenols is 1. The van der Waals surface area contributed by atoms with Crippen LogP contribution in [0.15, 0.2) is 54.6 Å². The quantitative estimate of drug-likeness (QED) is 0.573. The van der Waals surface area contributed by atoms with Gasteiger partial charge in [0.15, 0.2) is 23.2 Å². The molecule has 0 saturated carbocycles. The van der Waals surface area contributed by atoms with E-state index < -0.39 is 17.5 Å². The van der Waals surface area contributed by atoms with Gasteiger partial charge in [0, 0.05) is 23.8 Å². The standard InChI is InChI=1S/C22H19F3O3/c1-2-27-13-16-7-9-18(22(25)21(16)24)15-5-3-14(4-6-15)12-28-20-10-8-17(26)11-19(20)23/h3-11,26H,2,12-13H2,1H3. The topological polar surface area (TPSA) is 38.7 Å². The van der Waals surface area contributed by atoms with Gasteiger partial charge in [0.2, 0.25) is 0 Å². The van der Waals surface area contributed by atoms with Crippen molar-refractivity contribution < 1.29 is 27.8 Å². The first kappa shape index (κ1) is 19.8. The lowest BCUT2D eigenvalue weighted by molar-refractivity contribution is 0.131. The van der Waals surface area contributed by atoms with Crippen molar-refractivity contribution in [3.05, 3.63) is 83.2 Å². The maximum Gasteiger partial charge on any atom is 0.168 e. The van der Waals surface area contributed by atoms with Gasteiger partial charge in [-0.3, -0.25) is 0 Å². The van der Waals surface area contributed by atoms with Crippen LogP contribution < -0.4 is 4.74 Å². The van der Waals surface area contributed by atoms with Crippen molar-refractivity contribution in [3.8, 4) is 22.6 Å². The van der Waals surface area contributed by atoms with Gasteiger partial charge in [-0.25, -0.2) is 13.2 Å². The molecule has 0 aliphatic rings. The second-order valence-corrected chi connectivity index (χ2v) is 6.14. The Bertz CT molecular complexity index is 956. The lowest BCUT2D eigenvalue weighted by atomic mass is 10.0. The second-order valence-electron chi connectivity index (χ2n) is 6.14. The van der Waals surface area contributed by atoms with Crippen LogP contribution in [0, 0.1) is 17.5 Å². The Kier molecular flexibility index (Phi) is 6.21. The molecule has 0 aromatic heterocycles. The Morgan fingerprint density at radius 1 is 0.857 bits per heavy atom. The maximum absolute atomic E-state index is 14.4. The molecular weight excluding hydrogens is 369 g/mol. The van der Waals surface area contributed by atoms with Crippen LogP contribution in [0.3, 0.4) is 0 Å². The first-order valence-corrected chi connectivity index (χ1v) is 8.75. The Morgan fingerprint density at radius 3 is 2.29 bits per heavy atom. The Balaban J connectivity index is 1.73. The highest BCUT2D eigenvalue weighted by molar-refractivity contribution is 5.65. The molecule has 0 bridgehead atoms. The molecule has 3 aromatic rings. The zero-order valence-electron chi connectivity index (χ0n) is 15.2. The van der Waals surface area contributed by atoms with E-state index in [1.54, 1.807) is 31.2 Å². The van der Waals surface area contributed by atoms with Crippen LogP contribution >= 0.6 is 0 Å². The average molecular weight is 388 g/mol. The molecule has 1 N–H and O–H groups in total. The lowest BCUT2D eigenvalue weighted by Crippen LogP contribution is -2.00. The van der Waals surface area contributed by atoms with Gasteiger partial charge in [0.1, 0.15) is 12.4 Å². The predicted molar refractivity (Wildman–Crippen MR) is 99.5 cm³/mol. The molecule has 146 valence electrons. The van der Waals surface area contributed by atoms with Crippen LogP contribution in [0.1, 0.15) is 18.1 Å². The molecule has 0 amide bonds. The smallest absolute Gasteiger partial charge is 0.168 e. The van der Waals surface area contributed by atoms with E-state index in [1.165, 1.54) is 24.3 Å². The first-order chi connectivity index (χ1) is 13.5. The number of rotatable bonds is 7. The summed E-state index contributed by atoms with van der Waals surface area (Å²) in [5.41, 5.74) is 1.56. The van der Waals surface area contributed by atoms with Gasteiger partial charge in [-0.05, 0) is 30.2 Å². The highest BCUT2D eigenvalue weighted by atomic mass is 19.2. The third-order valence-electron chi connectivity index (χ3n) is 4.20. The van der Waals surface area contributed by atoms with Crippen LogP contribution in [0.25, 0.3) is 11.1 Å². The van der Waals surface area contributed by atoms with Crippen LogP contribution in [0.2, 0.25) is 0 Å². The van der Waals surface area contributed by atoms with E-state index in [-0.39, 0.29) is 35.8 Å². The SMILES string of the molecule is CCOCc1ccc(-c2ccc(COc3ccc(O)cc3F)cc2)c(F)c1F. The molecule has 0 radical (unpaired) electrons. The van der Waals surface area contributed by atoms with Crippen molar-refractivity contribution in [2.24, 2.45) is 0 Å². The van der Waals surface area contributed by atoms with Crippen molar-refractivity contribution in [1.29, 1.82) is 0 Å². The number of hydrogen-bond donors (Lipinski definition) is 1. The van der Waals surface area contributed by atoms with Crippen LogP contribution in [-0.4, -0.2) is 11.7 Å². The van der Waals surface area contributed by atoms with Crippen molar-refractivity contribution in [3.63, 3.8) is 0 Å². The number of benzene rings is 3. The summed E-state index contributed by atoms with van der Waals surface area (Å²) in [6.07, 6.45) is 0. The summed E-state index contributed by atoms with van der Waals surface area (Å²) in [6.45, 7) is 2.31. The molecule has 0 aliphatic heterocycles. The van der Waals surface area contributed by atoms with Gasteiger partial charge in [0.25, 0.3) is 0 Å². The Labute approximate surface area is 161 Å². The molecule has 3 aromatic carbocycles. The molecular formula is C22H19F3O3. The number of hydrogen-bond acceptors (Lipinski definition) is 3. The van der Waals surface area contributed by atoms with E-state index >= 15 is 0 Å². The van der Waals surface area contributed by atoms with Crippen LogP contribution in [0.5, 0.6) is 11.5 Å². The summed E-state index contributed by atoms with van der Waals surface area (Å²) in [5.74, 6) is -2.68. The summed E-state index contributed by atoms with van der Waals surface area (Å²) < 4.78 is 52.8. The summed E-state index contributed by atoms with van der Waals surface area (Å²) in [6, 6.07) is 13.3. The van der Waals surface area contributed by atoms with Crippen molar-refractivity contribution >= 4 is 0 Å². The minimum atomic E-state index is -0.924. The summed E-state index contributed by atoms with van der Waals surface area (Å²) >= 11 is 0. The molecule has 0 aliphatic carbocycles. The maximum atomic E-state index is 14.4. The molecule has 0 unspecified atom stereocenters. The predicted octanol–water partition coefficient (Wildman–Crippen LogP) is 5.59. The molecule has 0 spiro atoms. The summed E-state index contributed by atoms with van der Waals surface area (Å²) in [5, 5.41) is 9.20. The lowest BCUT2D eigenvalue weighted by Gasteiger charge is -2.10. The summed E-state index contributed by atoms with van der Waals surface area (Å²) in [7, 11) is 0. The van der Waals surface area contributed by atoms with Gasteiger partial charge >= 0.3 is 0 Å². The molecule has 0 fully saturated rings. The minimum Gasteiger partial charge on any atom is -0.508 e. The molecule has 0 saturated heterocycles. The highest BCUT2D eigenvalue weighted by Gasteiger charge is 2.15. The largest absolute Gasteiger partial charge is 0.508 e. The Hall–Kier alpha value is -2.99. The zero-order chi connectivity index (χ0) is 20.1. The molecule has 0 atom stereocenters. The van der Waals surface area contributed by atoms with E-state index in [1.807, 2.05) is 0 Å². The van der Waals surface area contributed by atoms with Gasteiger partial charge in [-0.15, -0.1) is 0 Å². The van der Waals surface area contributed by atoms with Crippen LogP contribution in [-0.2, 0) is 18.0 Å². The fraction of sp³-hybridized carbons (Fsp3) is 0.182. The van der Waals surface area contributed by atoms with E-state index in [0.29, 0.717) is 12.2 Å². The van der Waals surface area contributed by atoms with E-state index in [2.05, 4.69) is 0 Å². The monoisotopic (exact) mass is 388 g/mol. The number of ether oxygens (including phenoxy) is 2. The van der Waals surface area contributed by atoms with E-state index in [9.17, 15) is 18.3 Å². The molecule has 3 nitrogen and oxygen atoms in total. The van der Waals surface area contributed by atoms with Crippen LogP contribution in [0.4, 0.5) is 13.2 Å². The molecule has 6 heteroatoms. The first-order valence-electron chi connectivity index (χ1n) is 8.75. The second kappa shape index (κ2) is 8.80. The molecule has 28 heavy (non-hydrogen) atoms. The summed E-state index contributed by atoms with van der Waals surface area (Å²) in [4.78, 5) is 0. The third-order valence-corrected chi connectivity index (χ3v) is 4.20. The average Bonchev–Trinajstić information content (AvgIpc) is 2.69. The zero-order valence-corrected chi connectivity index (χ0v) is 15.2. The fourth-order valence-electron chi connectivity index (χ4n) is 2.68. The number of halogens is 3. The molecule has 0 heterocycles. The van der Waals surface area contributed by atoms with E-state index in [4.69, 9.17) is 9.47 Å². The van der Waals surface area contributed by atoms with E-state index in [0.717, 1.165) is 11.6 Å². The van der Waals surface area contributed by atoms with Gasteiger partial charge in [-0.1, -0.05) is 36.4 Å². The van der Waals surface area contributed by atoms with Crippen molar-refractivity contribution in [2.75, 3.05) is 6.61 Å². The van der Waals surface area contributed by atoms with Gasteiger partial charge in [0.05, 0.1) is 6.61 Å². The van der Waals surface area contributed by atoms with Gasteiger partial charge < -0.3 is 14.6 Å². The third kappa shape index (κ3) is 4.46. The molecule has 3 rings (SSSR count). The number of phenolic OH excluding ortho intramolecular Hbond substituents is 1. The Morgan fingerprint density at radius 2 is 1.61 bits per heavy atom. The van der Waals surface area contributed by atoms with Crippen molar-refractivity contribution in [2.45, 2.75) is 20.1 Å². The highest BCUT2D eigenvalue weighted by Crippen LogP contribution is 2.28. The van der Waals surface area contributed by atoms with Crippen molar-refractivity contribution in [1.82, 2.24) is 0 Å².